The molecular weight excluding hydrogens is 408 g/mol. The van der Waals surface area contributed by atoms with Gasteiger partial charge in [0.15, 0.2) is 5.75 Å². The second kappa shape index (κ2) is 14.7. The largest absolute Gasteiger partial charge is 0.489 e. The normalized spacial score (nSPS) is 12.0. The van der Waals surface area contributed by atoms with E-state index in [9.17, 15) is 13.6 Å². The average molecular weight is 446 g/mol. The molecule has 2 aromatic rings. The number of nitrogens with zero attached hydrogens (tertiary/aromatic N) is 1. The van der Waals surface area contributed by atoms with Crippen LogP contribution in [0.3, 0.4) is 0 Å². The molecule has 0 aliphatic rings. The summed E-state index contributed by atoms with van der Waals surface area (Å²) in [7, 11) is 0. The summed E-state index contributed by atoms with van der Waals surface area (Å²) in [6, 6.07) is 10.7. The molecule has 0 saturated carbocycles. The quantitative estimate of drug-likeness (QED) is 0.197. The molecule has 3 nitrogen and oxygen atoms in total. The minimum absolute atomic E-state index is 0.123. The van der Waals surface area contributed by atoms with Crippen molar-refractivity contribution in [2.75, 3.05) is 6.61 Å². The number of hydrogen-bond donors (Lipinski definition) is 0. The lowest BCUT2D eigenvalue weighted by Crippen LogP contribution is -2.08. The van der Waals surface area contributed by atoms with Gasteiger partial charge in [0.2, 0.25) is 0 Å². The number of ether oxygens (including phenoxy) is 1. The van der Waals surface area contributed by atoms with Crippen LogP contribution in [0.15, 0.2) is 36.4 Å². The second-order valence-corrected chi connectivity index (χ2v) is 8.43. The summed E-state index contributed by atoms with van der Waals surface area (Å²) < 4.78 is 34.1. The lowest BCUT2D eigenvalue weighted by molar-refractivity contribution is -0.119. The Labute approximate surface area is 191 Å². The third-order valence-electron chi connectivity index (χ3n) is 5.54. The predicted octanol–water partition coefficient (Wildman–Crippen LogP) is 7.66. The maximum absolute atomic E-state index is 14.4. The minimum Gasteiger partial charge on any atom is -0.489 e. The van der Waals surface area contributed by atoms with Crippen LogP contribution in [-0.2, 0) is 11.2 Å². The van der Waals surface area contributed by atoms with Crippen LogP contribution in [0, 0.1) is 5.95 Å². The molecule has 0 amide bonds. The van der Waals surface area contributed by atoms with Gasteiger partial charge in [-0.3, -0.25) is 4.79 Å². The number of aromatic nitrogens is 1. The molecule has 0 saturated heterocycles. The number of carbonyl (C=O) groups excluding carboxylic acids is 1. The SMILES string of the molecule is CCCCCCCCOc1ccc(-c2ccc(CC(F)CCC(=O)CCC)cc2)nc1F. The Morgan fingerprint density at radius 3 is 2.34 bits per heavy atom. The molecule has 1 aromatic heterocycles. The van der Waals surface area contributed by atoms with E-state index in [1.54, 1.807) is 12.1 Å². The van der Waals surface area contributed by atoms with E-state index in [0.717, 1.165) is 30.4 Å². The Balaban J connectivity index is 1.82. The maximum Gasteiger partial charge on any atom is 0.255 e. The average Bonchev–Trinajstić information content (AvgIpc) is 2.79. The van der Waals surface area contributed by atoms with E-state index in [-0.39, 0.29) is 24.4 Å². The first-order valence-electron chi connectivity index (χ1n) is 12.1. The minimum atomic E-state index is -1.04. The summed E-state index contributed by atoms with van der Waals surface area (Å²) in [5.41, 5.74) is 2.13. The highest BCUT2D eigenvalue weighted by atomic mass is 19.1. The van der Waals surface area contributed by atoms with E-state index < -0.39 is 12.1 Å². The zero-order valence-electron chi connectivity index (χ0n) is 19.5. The topological polar surface area (TPSA) is 39.2 Å². The third kappa shape index (κ3) is 9.46. The highest BCUT2D eigenvalue weighted by Crippen LogP contribution is 2.24. The first-order valence-corrected chi connectivity index (χ1v) is 12.1. The van der Waals surface area contributed by atoms with Crippen LogP contribution in [0.5, 0.6) is 5.75 Å². The number of unbranched alkanes of at least 4 members (excludes halogenated alkanes) is 5. The number of ketones is 1. The number of hydrogen-bond acceptors (Lipinski definition) is 3. The number of pyridine rings is 1. The molecule has 5 heteroatoms. The van der Waals surface area contributed by atoms with Gasteiger partial charge < -0.3 is 4.74 Å². The van der Waals surface area contributed by atoms with Gasteiger partial charge in [-0.1, -0.05) is 70.2 Å². The Hall–Kier alpha value is -2.30. The van der Waals surface area contributed by atoms with E-state index in [1.165, 1.54) is 25.7 Å². The standard InChI is InChI=1S/C27H37F2NO2/c1-3-5-6-7-8-9-19-32-26-18-17-25(30-27(26)29)22-13-11-21(12-14-22)20-23(28)15-16-24(31)10-4-2/h11-14,17-18,23H,3-10,15-16,19-20H2,1-2H3. The summed E-state index contributed by atoms with van der Waals surface area (Å²) in [5, 5.41) is 0. The van der Waals surface area contributed by atoms with Crippen molar-refractivity contribution in [3.8, 4) is 17.0 Å². The van der Waals surface area contributed by atoms with Gasteiger partial charge in [0.05, 0.1) is 12.3 Å². The molecule has 0 spiro atoms. The molecule has 1 aromatic carbocycles. The molecule has 32 heavy (non-hydrogen) atoms. The van der Waals surface area contributed by atoms with Crippen molar-refractivity contribution in [1.82, 2.24) is 4.98 Å². The Kier molecular flexibility index (Phi) is 11.9. The van der Waals surface area contributed by atoms with Crippen molar-refractivity contribution in [2.24, 2.45) is 0 Å². The van der Waals surface area contributed by atoms with Gasteiger partial charge in [0.25, 0.3) is 5.95 Å². The number of halogens is 2. The Morgan fingerprint density at radius 1 is 0.938 bits per heavy atom. The summed E-state index contributed by atoms with van der Waals surface area (Å²) in [5.74, 6) is -0.312. The molecule has 1 unspecified atom stereocenters. The van der Waals surface area contributed by atoms with Gasteiger partial charge in [-0.25, -0.2) is 9.37 Å². The molecule has 0 radical (unpaired) electrons. The number of benzene rings is 1. The zero-order valence-corrected chi connectivity index (χ0v) is 19.5. The van der Waals surface area contributed by atoms with Crippen molar-refractivity contribution in [3.05, 3.63) is 47.9 Å². The van der Waals surface area contributed by atoms with Crippen LogP contribution in [0.2, 0.25) is 0 Å². The molecule has 1 atom stereocenters. The van der Waals surface area contributed by atoms with Gasteiger partial charge in [-0.15, -0.1) is 0 Å². The fourth-order valence-corrected chi connectivity index (χ4v) is 3.65. The molecule has 0 aliphatic carbocycles. The van der Waals surface area contributed by atoms with Crippen LogP contribution in [0.4, 0.5) is 8.78 Å². The van der Waals surface area contributed by atoms with E-state index >= 15 is 0 Å². The summed E-state index contributed by atoms with van der Waals surface area (Å²) in [6.07, 6.45) is 8.02. The fraction of sp³-hybridized carbons (Fsp3) is 0.556. The molecule has 2 rings (SSSR count). The third-order valence-corrected chi connectivity index (χ3v) is 5.54. The number of Topliss-reactive ketones (excluding diaryl/α,β-unsaturated/α-hetero) is 1. The second-order valence-electron chi connectivity index (χ2n) is 8.43. The fourth-order valence-electron chi connectivity index (χ4n) is 3.65. The maximum atomic E-state index is 14.4. The number of carbonyl (C=O) groups is 1. The lowest BCUT2D eigenvalue weighted by atomic mass is 10.0. The predicted molar refractivity (Wildman–Crippen MR) is 126 cm³/mol. The van der Waals surface area contributed by atoms with Gasteiger partial charge in [-0.2, -0.15) is 4.39 Å². The number of alkyl halides is 1. The van der Waals surface area contributed by atoms with Crippen LogP contribution in [-0.4, -0.2) is 23.5 Å². The highest BCUT2D eigenvalue weighted by molar-refractivity contribution is 5.78. The Morgan fingerprint density at radius 2 is 1.66 bits per heavy atom. The van der Waals surface area contributed by atoms with E-state index in [4.69, 9.17) is 4.74 Å². The van der Waals surface area contributed by atoms with Crippen LogP contribution < -0.4 is 4.74 Å². The van der Waals surface area contributed by atoms with E-state index in [2.05, 4.69) is 11.9 Å². The first kappa shape index (κ1) is 26.0. The van der Waals surface area contributed by atoms with Gasteiger partial charge in [0.1, 0.15) is 12.0 Å². The van der Waals surface area contributed by atoms with Crippen LogP contribution >= 0.6 is 0 Å². The Bertz CT molecular complexity index is 808. The lowest BCUT2D eigenvalue weighted by Gasteiger charge is -2.10. The molecule has 0 aliphatic heterocycles. The molecule has 0 bridgehead atoms. The van der Waals surface area contributed by atoms with Crippen molar-refractivity contribution in [2.45, 2.75) is 90.6 Å². The molecule has 0 N–H and O–H groups in total. The summed E-state index contributed by atoms with van der Waals surface area (Å²) in [6.45, 7) is 4.63. The van der Waals surface area contributed by atoms with Crippen LogP contribution in [0.25, 0.3) is 11.3 Å². The van der Waals surface area contributed by atoms with Crippen molar-refractivity contribution in [3.63, 3.8) is 0 Å². The van der Waals surface area contributed by atoms with E-state index in [0.29, 0.717) is 25.1 Å². The summed E-state index contributed by atoms with van der Waals surface area (Å²) in [4.78, 5) is 15.6. The highest BCUT2D eigenvalue weighted by Gasteiger charge is 2.12. The first-order chi connectivity index (χ1) is 15.5. The van der Waals surface area contributed by atoms with Crippen LogP contribution in [0.1, 0.15) is 83.6 Å². The number of rotatable bonds is 16. The van der Waals surface area contributed by atoms with Crippen molar-refractivity contribution < 1.29 is 18.3 Å². The van der Waals surface area contributed by atoms with E-state index in [1.807, 2.05) is 31.2 Å². The van der Waals surface area contributed by atoms with Gasteiger partial charge in [0, 0.05) is 24.8 Å². The summed E-state index contributed by atoms with van der Waals surface area (Å²) >= 11 is 0. The molecule has 1 heterocycles. The van der Waals surface area contributed by atoms with Crippen molar-refractivity contribution in [1.29, 1.82) is 0 Å². The molecular formula is C27H37F2NO2. The van der Waals surface area contributed by atoms with Gasteiger partial charge in [-0.05, 0) is 37.0 Å². The zero-order chi connectivity index (χ0) is 23.2. The van der Waals surface area contributed by atoms with Gasteiger partial charge >= 0.3 is 0 Å². The molecule has 176 valence electrons. The van der Waals surface area contributed by atoms with Crippen molar-refractivity contribution >= 4 is 5.78 Å². The molecule has 0 fully saturated rings. The monoisotopic (exact) mass is 445 g/mol. The smallest absolute Gasteiger partial charge is 0.255 e.